The van der Waals surface area contributed by atoms with E-state index in [9.17, 15) is 0 Å². The van der Waals surface area contributed by atoms with Crippen LogP contribution >= 0.6 is 15.9 Å². The first-order chi connectivity index (χ1) is 7.17. The summed E-state index contributed by atoms with van der Waals surface area (Å²) in [5, 5.41) is 20.6. The fourth-order valence-corrected chi connectivity index (χ4v) is 1.55. The number of anilines is 1. The van der Waals surface area contributed by atoms with Crippen molar-refractivity contribution in [2.24, 2.45) is 0 Å². The van der Waals surface area contributed by atoms with Gasteiger partial charge in [0.15, 0.2) is 0 Å². The smallest absolute Gasteiger partial charge is 0.101 e. The van der Waals surface area contributed by atoms with Crippen molar-refractivity contribution in [3.63, 3.8) is 0 Å². The van der Waals surface area contributed by atoms with Crippen molar-refractivity contribution in [1.82, 2.24) is 0 Å². The predicted molar refractivity (Wildman–Crippen MR) is 62.2 cm³/mol. The summed E-state index contributed by atoms with van der Waals surface area (Å²) in [6.07, 6.45) is 0.418. The van der Waals surface area contributed by atoms with Gasteiger partial charge < -0.3 is 5.32 Å². The lowest BCUT2D eigenvalue weighted by atomic mass is 10.1. The van der Waals surface area contributed by atoms with Gasteiger partial charge >= 0.3 is 0 Å². The van der Waals surface area contributed by atoms with Gasteiger partial charge in [-0.05, 0) is 25.1 Å². The molecule has 1 N–H and O–H groups in total. The van der Waals surface area contributed by atoms with Crippen LogP contribution < -0.4 is 5.32 Å². The molecule has 4 heteroatoms. The molecule has 0 spiro atoms. The minimum absolute atomic E-state index is 0.0447. The van der Waals surface area contributed by atoms with Crippen LogP contribution in [0.1, 0.15) is 18.9 Å². The van der Waals surface area contributed by atoms with E-state index in [1.807, 2.05) is 19.1 Å². The Morgan fingerprint density at radius 1 is 1.47 bits per heavy atom. The molecule has 0 radical (unpaired) electrons. The Bertz CT molecular complexity index is 428. The van der Waals surface area contributed by atoms with E-state index in [2.05, 4.69) is 33.4 Å². The van der Waals surface area contributed by atoms with Crippen LogP contribution in [0.25, 0.3) is 0 Å². The zero-order valence-corrected chi connectivity index (χ0v) is 9.87. The SMILES string of the molecule is CC(CC#N)Nc1ccc(Br)cc1C#N. The highest BCUT2D eigenvalue weighted by Crippen LogP contribution is 2.21. The minimum atomic E-state index is 0.0447. The lowest BCUT2D eigenvalue weighted by molar-refractivity contribution is 0.820. The van der Waals surface area contributed by atoms with E-state index in [4.69, 9.17) is 10.5 Å². The predicted octanol–water partition coefficient (Wildman–Crippen LogP) is 3.03. The molecule has 1 aromatic carbocycles. The molecule has 1 atom stereocenters. The van der Waals surface area contributed by atoms with Crippen LogP contribution in [-0.4, -0.2) is 6.04 Å². The molecule has 0 bridgehead atoms. The van der Waals surface area contributed by atoms with Crippen molar-refractivity contribution in [2.75, 3.05) is 5.32 Å². The summed E-state index contributed by atoms with van der Waals surface area (Å²) < 4.78 is 0.873. The Morgan fingerprint density at radius 2 is 2.20 bits per heavy atom. The second-order valence-corrected chi connectivity index (χ2v) is 4.13. The lowest BCUT2D eigenvalue weighted by Crippen LogP contribution is -2.14. The van der Waals surface area contributed by atoms with Crippen molar-refractivity contribution in [3.05, 3.63) is 28.2 Å². The number of rotatable bonds is 3. The van der Waals surface area contributed by atoms with Gasteiger partial charge in [-0.25, -0.2) is 0 Å². The fraction of sp³-hybridized carbons (Fsp3) is 0.273. The summed E-state index contributed by atoms with van der Waals surface area (Å²) >= 11 is 3.30. The molecule has 0 aliphatic carbocycles. The molecule has 1 rings (SSSR count). The number of nitrogens with one attached hydrogen (secondary N) is 1. The maximum Gasteiger partial charge on any atom is 0.101 e. The zero-order valence-electron chi connectivity index (χ0n) is 8.29. The quantitative estimate of drug-likeness (QED) is 0.912. The van der Waals surface area contributed by atoms with E-state index in [0.717, 1.165) is 10.2 Å². The van der Waals surface area contributed by atoms with Crippen LogP contribution in [0.4, 0.5) is 5.69 Å². The van der Waals surface area contributed by atoms with Gasteiger partial charge in [-0.2, -0.15) is 10.5 Å². The van der Waals surface area contributed by atoms with Crippen molar-refractivity contribution in [2.45, 2.75) is 19.4 Å². The van der Waals surface area contributed by atoms with Gasteiger partial charge in [0.1, 0.15) is 6.07 Å². The molecule has 0 aromatic heterocycles. The Labute approximate surface area is 97.5 Å². The summed E-state index contributed by atoms with van der Waals surface area (Å²) in [5.41, 5.74) is 1.35. The van der Waals surface area contributed by atoms with Crippen molar-refractivity contribution < 1.29 is 0 Å². The summed E-state index contributed by atoms with van der Waals surface area (Å²) in [5.74, 6) is 0. The number of nitrogens with zero attached hydrogens (tertiary/aromatic N) is 2. The average molecular weight is 264 g/mol. The van der Waals surface area contributed by atoms with Gasteiger partial charge in [-0.3, -0.25) is 0 Å². The third-order valence-electron chi connectivity index (χ3n) is 1.90. The van der Waals surface area contributed by atoms with Crippen LogP contribution in [0.3, 0.4) is 0 Å². The molecule has 3 nitrogen and oxygen atoms in total. The number of hydrogen-bond acceptors (Lipinski definition) is 3. The second kappa shape index (κ2) is 5.38. The Morgan fingerprint density at radius 3 is 2.80 bits per heavy atom. The summed E-state index contributed by atoms with van der Waals surface area (Å²) in [7, 11) is 0. The highest BCUT2D eigenvalue weighted by molar-refractivity contribution is 9.10. The molecular weight excluding hydrogens is 254 g/mol. The number of benzene rings is 1. The highest BCUT2D eigenvalue weighted by atomic mass is 79.9. The molecule has 0 aliphatic heterocycles. The highest BCUT2D eigenvalue weighted by Gasteiger charge is 2.06. The first-order valence-electron chi connectivity index (χ1n) is 4.50. The Hall–Kier alpha value is -1.52. The Balaban J connectivity index is 2.87. The molecule has 0 fully saturated rings. The maximum atomic E-state index is 8.91. The van der Waals surface area contributed by atoms with E-state index in [1.165, 1.54) is 0 Å². The van der Waals surface area contributed by atoms with E-state index in [1.54, 1.807) is 6.07 Å². The van der Waals surface area contributed by atoms with Crippen LogP contribution in [0.5, 0.6) is 0 Å². The first kappa shape index (κ1) is 11.6. The fourth-order valence-electron chi connectivity index (χ4n) is 1.19. The van der Waals surface area contributed by atoms with Gasteiger partial charge in [0.25, 0.3) is 0 Å². The third-order valence-corrected chi connectivity index (χ3v) is 2.39. The third kappa shape index (κ3) is 3.27. The molecule has 0 saturated heterocycles. The number of nitriles is 2. The normalized spacial score (nSPS) is 11.2. The van der Waals surface area contributed by atoms with Crippen LogP contribution in [0.2, 0.25) is 0 Å². The molecular formula is C11H10BrN3. The molecule has 0 amide bonds. The standard InChI is InChI=1S/C11H10BrN3/c1-8(4-5-13)15-11-3-2-10(12)6-9(11)7-14/h2-3,6,8,15H,4H2,1H3. The molecule has 76 valence electrons. The summed E-state index contributed by atoms with van der Waals surface area (Å²) in [6, 6.07) is 9.68. The molecule has 0 saturated carbocycles. The van der Waals surface area contributed by atoms with Crippen LogP contribution in [0, 0.1) is 22.7 Å². The lowest BCUT2D eigenvalue weighted by Gasteiger charge is -2.13. The largest absolute Gasteiger partial charge is 0.380 e. The van der Waals surface area contributed by atoms with E-state index in [0.29, 0.717) is 12.0 Å². The van der Waals surface area contributed by atoms with Gasteiger partial charge in [0.2, 0.25) is 0 Å². The van der Waals surface area contributed by atoms with E-state index < -0.39 is 0 Å². The van der Waals surface area contributed by atoms with E-state index in [-0.39, 0.29) is 6.04 Å². The topological polar surface area (TPSA) is 59.6 Å². The Kier molecular flexibility index (Phi) is 4.15. The van der Waals surface area contributed by atoms with Crippen LogP contribution in [-0.2, 0) is 0 Å². The van der Waals surface area contributed by atoms with Crippen molar-refractivity contribution in [1.29, 1.82) is 10.5 Å². The summed E-state index contributed by atoms with van der Waals surface area (Å²) in [6.45, 7) is 1.91. The maximum absolute atomic E-state index is 8.91. The van der Waals surface area contributed by atoms with Gasteiger partial charge in [0.05, 0.1) is 23.7 Å². The molecule has 0 heterocycles. The second-order valence-electron chi connectivity index (χ2n) is 3.21. The van der Waals surface area contributed by atoms with Gasteiger partial charge in [-0.15, -0.1) is 0 Å². The molecule has 1 aromatic rings. The van der Waals surface area contributed by atoms with Crippen LogP contribution in [0.15, 0.2) is 22.7 Å². The van der Waals surface area contributed by atoms with E-state index >= 15 is 0 Å². The zero-order chi connectivity index (χ0) is 11.3. The molecule has 15 heavy (non-hydrogen) atoms. The van der Waals surface area contributed by atoms with Gasteiger partial charge in [-0.1, -0.05) is 15.9 Å². The summed E-state index contributed by atoms with van der Waals surface area (Å²) in [4.78, 5) is 0. The van der Waals surface area contributed by atoms with Crippen molar-refractivity contribution in [3.8, 4) is 12.1 Å². The molecule has 0 aliphatic rings. The molecule has 1 unspecified atom stereocenters. The van der Waals surface area contributed by atoms with Crippen molar-refractivity contribution >= 4 is 21.6 Å². The minimum Gasteiger partial charge on any atom is -0.380 e. The monoisotopic (exact) mass is 263 g/mol. The first-order valence-corrected chi connectivity index (χ1v) is 5.30. The number of halogens is 1. The number of hydrogen-bond donors (Lipinski definition) is 1. The van der Waals surface area contributed by atoms with Gasteiger partial charge in [0, 0.05) is 10.5 Å². The average Bonchev–Trinajstić information content (AvgIpc) is 2.21.